The second-order valence-corrected chi connectivity index (χ2v) is 5.01. The minimum atomic E-state index is 0.712. The van der Waals surface area contributed by atoms with Crippen molar-refractivity contribution in [3.05, 3.63) is 11.6 Å². The monoisotopic (exact) mass is 222 g/mol. The largest absolute Gasteiger partial charge is 0.314 e. The zero-order valence-electron chi connectivity index (χ0n) is 10.3. The van der Waals surface area contributed by atoms with Gasteiger partial charge in [0.25, 0.3) is 0 Å². The third-order valence-corrected chi connectivity index (χ3v) is 3.36. The van der Waals surface area contributed by atoms with Gasteiger partial charge in [-0.15, -0.1) is 0 Å². The SMILES string of the molecule is Cc1nc(CCNC2CCCC(C)C2)n[nH]1. The molecule has 1 aliphatic rings. The molecule has 2 rings (SSSR count). The quantitative estimate of drug-likeness (QED) is 0.817. The molecule has 1 saturated carbocycles. The second kappa shape index (κ2) is 5.43. The molecule has 90 valence electrons. The maximum atomic E-state index is 4.30. The molecule has 4 heteroatoms. The minimum Gasteiger partial charge on any atom is -0.314 e. The van der Waals surface area contributed by atoms with E-state index in [0.29, 0.717) is 6.04 Å². The first-order valence-electron chi connectivity index (χ1n) is 6.35. The molecule has 2 N–H and O–H groups in total. The first-order chi connectivity index (χ1) is 7.74. The van der Waals surface area contributed by atoms with Crippen LogP contribution >= 0.6 is 0 Å². The lowest BCUT2D eigenvalue weighted by atomic mass is 9.87. The number of H-pyrrole nitrogens is 1. The van der Waals surface area contributed by atoms with Crippen molar-refractivity contribution in [3.8, 4) is 0 Å². The van der Waals surface area contributed by atoms with Crippen LogP contribution in [0.5, 0.6) is 0 Å². The van der Waals surface area contributed by atoms with E-state index in [1.807, 2.05) is 6.92 Å². The Morgan fingerprint density at radius 1 is 1.44 bits per heavy atom. The molecule has 1 aromatic rings. The van der Waals surface area contributed by atoms with Gasteiger partial charge in [0.1, 0.15) is 5.82 Å². The van der Waals surface area contributed by atoms with E-state index in [-0.39, 0.29) is 0 Å². The van der Waals surface area contributed by atoms with E-state index in [0.717, 1.165) is 30.5 Å². The van der Waals surface area contributed by atoms with Crippen molar-refractivity contribution in [2.24, 2.45) is 5.92 Å². The van der Waals surface area contributed by atoms with E-state index < -0.39 is 0 Å². The van der Waals surface area contributed by atoms with Gasteiger partial charge in [-0.3, -0.25) is 5.10 Å². The van der Waals surface area contributed by atoms with Crippen LogP contribution in [-0.2, 0) is 6.42 Å². The van der Waals surface area contributed by atoms with Crippen molar-refractivity contribution < 1.29 is 0 Å². The third kappa shape index (κ3) is 3.30. The first kappa shape index (κ1) is 11.6. The molecule has 0 bridgehead atoms. The Morgan fingerprint density at radius 3 is 3.00 bits per heavy atom. The van der Waals surface area contributed by atoms with Crippen molar-refractivity contribution >= 4 is 0 Å². The molecule has 0 aromatic carbocycles. The van der Waals surface area contributed by atoms with Crippen LogP contribution in [-0.4, -0.2) is 27.8 Å². The summed E-state index contributed by atoms with van der Waals surface area (Å²) in [4.78, 5) is 4.30. The van der Waals surface area contributed by atoms with Gasteiger partial charge in [-0.25, -0.2) is 4.98 Å². The van der Waals surface area contributed by atoms with Crippen molar-refractivity contribution in [3.63, 3.8) is 0 Å². The third-order valence-electron chi connectivity index (χ3n) is 3.36. The summed E-state index contributed by atoms with van der Waals surface area (Å²) < 4.78 is 0. The molecule has 0 saturated heterocycles. The molecule has 0 aliphatic heterocycles. The van der Waals surface area contributed by atoms with Crippen LogP contribution in [0, 0.1) is 12.8 Å². The number of aromatic nitrogens is 3. The van der Waals surface area contributed by atoms with Gasteiger partial charge < -0.3 is 5.32 Å². The van der Waals surface area contributed by atoms with E-state index in [4.69, 9.17) is 0 Å². The average Bonchev–Trinajstić information content (AvgIpc) is 2.64. The lowest BCUT2D eigenvalue weighted by Gasteiger charge is -2.27. The highest BCUT2D eigenvalue weighted by Crippen LogP contribution is 2.23. The molecule has 0 spiro atoms. The predicted octanol–water partition coefficient (Wildman–Crippen LogP) is 1.82. The van der Waals surface area contributed by atoms with Gasteiger partial charge in [0.15, 0.2) is 5.82 Å². The Balaban J connectivity index is 1.67. The lowest BCUT2D eigenvalue weighted by Crippen LogP contribution is -2.34. The second-order valence-electron chi connectivity index (χ2n) is 5.01. The number of aromatic amines is 1. The number of nitrogens with zero attached hydrogens (tertiary/aromatic N) is 2. The fraction of sp³-hybridized carbons (Fsp3) is 0.833. The van der Waals surface area contributed by atoms with Crippen molar-refractivity contribution in [2.45, 2.75) is 52.0 Å². The molecule has 2 atom stereocenters. The summed E-state index contributed by atoms with van der Waals surface area (Å²) in [6.45, 7) is 5.29. The van der Waals surface area contributed by atoms with Crippen molar-refractivity contribution in [2.75, 3.05) is 6.54 Å². The zero-order chi connectivity index (χ0) is 11.4. The topological polar surface area (TPSA) is 53.6 Å². The molecule has 16 heavy (non-hydrogen) atoms. The van der Waals surface area contributed by atoms with Gasteiger partial charge in [0.2, 0.25) is 0 Å². The molecule has 4 nitrogen and oxygen atoms in total. The molecule has 1 aliphatic carbocycles. The maximum absolute atomic E-state index is 4.30. The highest BCUT2D eigenvalue weighted by molar-refractivity contribution is 4.88. The number of rotatable bonds is 4. The van der Waals surface area contributed by atoms with E-state index in [1.54, 1.807) is 0 Å². The Hall–Kier alpha value is -0.900. The van der Waals surface area contributed by atoms with Crippen LogP contribution in [0.3, 0.4) is 0 Å². The Morgan fingerprint density at radius 2 is 2.31 bits per heavy atom. The molecular weight excluding hydrogens is 200 g/mol. The molecule has 1 fully saturated rings. The molecule has 0 amide bonds. The van der Waals surface area contributed by atoms with Gasteiger partial charge in [0.05, 0.1) is 0 Å². The lowest BCUT2D eigenvalue weighted by molar-refractivity contribution is 0.302. The molecule has 1 heterocycles. The number of aryl methyl sites for hydroxylation is 1. The fourth-order valence-corrected chi connectivity index (χ4v) is 2.51. The van der Waals surface area contributed by atoms with Gasteiger partial charge in [-0.05, 0) is 25.7 Å². The highest BCUT2D eigenvalue weighted by atomic mass is 15.2. The summed E-state index contributed by atoms with van der Waals surface area (Å²) >= 11 is 0. The summed E-state index contributed by atoms with van der Waals surface area (Å²) in [5.74, 6) is 2.71. The summed E-state index contributed by atoms with van der Waals surface area (Å²) in [5, 5.41) is 10.6. The van der Waals surface area contributed by atoms with Crippen LogP contribution in [0.4, 0.5) is 0 Å². The van der Waals surface area contributed by atoms with Gasteiger partial charge in [-0.1, -0.05) is 19.8 Å². The smallest absolute Gasteiger partial charge is 0.151 e. The molecular formula is C12H22N4. The summed E-state index contributed by atoms with van der Waals surface area (Å²) in [5.41, 5.74) is 0. The van der Waals surface area contributed by atoms with Gasteiger partial charge >= 0.3 is 0 Å². The van der Waals surface area contributed by atoms with Crippen LogP contribution in [0.2, 0.25) is 0 Å². The summed E-state index contributed by atoms with van der Waals surface area (Å²) in [7, 11) is 0. The van der Waals surface area contributed by atoms with Gasteiger partial charge in [-0.2, -0.15) is 5.10 Å². The zero-order valence-corrected chi connectivity index (χ0v) is 10.3. The van der Waals surface area contributed by atoms with E-state index >= 15 is 0 Å². The maximum Gasteiger partial charge on any atom is 0.151 e. The Kier molecular flexibility index (Phi) is 3.93. The molecule has 1 aromatic heterocycles. The van der Waals surface area contributed by atoms with E-state index in [2.05, 4.69) is 27.4 Å². The Labute approximate surface area is 97.2 Å². The Bertz CT molecular complexity index is 321. The number of nitrogens with one attached hydrogen (secondary N) is 2. The predicted molar refractivity (Wildman–Crippen MR) is 64.2 cm³/mol. The van der Waals surface area contributed by atoms with Gasteiger partial charge in [0, 0.05) is 19.0 Å². The average molecular weight is 222 g/mol. The van der Waals surface area contributed by atoms with Crippen LogP contribution in [0.15, 0.2) is 0 Å². The van der Waals surface area contributed by atoms with E-state index in [9.17, 15) is 0 Å². The standard InChI is InChI=1S/C12H22N4/c1-9-4-3-5-11(8-9)13-7-6-12-14-10(2)15-16-12/h9,11,13H,3-8H2,1-2H3,(H,14,15,16). The summed E-state index contributed by atoms with van der Waals surface area (Å²) in [6.07, 6.45) is 6.36. The van der Waals surface area contributed by atoms with Crippen molar-refractivity contribution in [1.29, 1.82) is 0 Å². The number of hydrogen-bond acceptors (Lipinski definition) is 3. The normalized spacial score (nSPS) is 25.9. The van der Waals surface area contributed by atoms with E-state index in [1.165, 1.54) is 25.7 Å². The van der Waals surface area contributed by atoms with Crippen LogP contribution < -0.4 is 5.32 Å². The first-order valence-corrected chi connectivity index (χ1v) is 6.35. The molecule has 0 radical (unpaired) electrons. The number of hydrogen-bond donors (Lipinski definition) is 2. The van der Waals surface area contributed by atoms with Crippen molar-refractivity contribution in [1.82, 2.24) is 20.5 Å². The van der Waals surface area contributed by atoms with Crippen LogP contribution in [0.25, 0.3) is 0 Å². The van der Waals surface area contributed by atoms with Crippen LogP contribution in [0.1, 0.15) is 44.3 Å². The molecule has 2 unspecified atom stereocenters. The fourth-order valence-electron chi connectivity index (χ4n) is 2.51. The highest BCUT2D eigenvalue weighted by Gasteiger charge is 2.17. The minimum absolute atomic E-state index is 0.712. The summed E-state index contributed by atoms with van der Waals surface area (Å²) in [6, 6.07) is 0.712.